The Labute approximate surface area is 121 Å². The van der Waals surface area contributed by atoms with Crippen LogP contribution in [0.5, 0.6) is 0 Å². The van der Waals surface area contributed by atoms with Gasteiger partial charge in [-0.2, -0.15) is 0 Å². The summed E-state index contributed by atoms with van der Waals surface area (Å²) in [7, 11) is 0. The van der Waals surface area contributed by atoms with Gasteiger partial charge in [-0.25, -0.2) is 0 Å². The van der Waals surface area contributed by atoms with Crippen molar-refractivity contribution in [2.45, 2.75) is 37.1 Å². The molecule has 4 heteroatoms. The Hall–Kier alpha value is -2.23. The number of nitro groups is 1. The van der Waals surface area contributed by atoms with Crippen molar-refractivity contribution in [3.8, 4) is 0 Å². The molecule has 0 heterocycles. The molecule has 2 aliphatic carbocycles. The molecule has 0 radical (unpaired) electrons. The zero-order valence-electron chi connectivity index (χ0n) is 11.5. The maximum absolute atomic E-state index is 12.7. The summed E-state index contributed by atoms with van der Waals surface area (Å²) in [5, 5.41) is 13.7. The standard InChI is InChI=1S/C17H15NO3/c19-16-14-6-3-9-17(16,18(20)21)10-12-8-7-11-4-1-2-5-13(11)15(12)14/h1-2,4-5,7-8,14H,3,6,9-10H2/t14-,17-/m0/s1. The molecule has 4 rings (SSSR count). The van der Waals surface area contributed by atoms with Crippen molar-refractivity contribution in [2.24, 2.45) is 0 Å². The van der Waals surface area contributed by atoms with Crippen LogP contribution in [-0.2, 0) is 11.2 Å². The summed E-state index contributed by atoms with van der Waals surface area (Å²) in [6, 6.07) is 12.0. The van der Waals surface area contributed by atoms with Gasteiger partial charge in [-0.1, -0.05) is 36.4 Å². The highest BCUT2D eigenvalue weighted by molar-refractivity contribution is 6.01. The topological polar surface area (TPSA) is 60.2 Å². The molecule has 2 atom stereocenters. The number of carbonyl (C=O) groups is 1. The van der Waals surface area contributed by atoms with Gasteiger partial charge >= 0.3 is 0 Å². The van der Waals surface area contributed by atoms with Gasteiger partial charge in [0.25, 0.3) is 5.54 Å². The van der Waals surface area contributed by atoms with E-state index in [0.29, 0.717) is 6.42 Å². The third-order valence-corrected chi connectivity index (χ3v) is 5.10. The van der Waals surface area contributed by atoms with Crippen LogP contribution in [0.25, 0.3) is 10.8 Å². The molecule has 0 unspecified atom stereocenters. The molecule has 0 N–H and O–H groups in total. The fourth-order valence-electron chi connectivity index (χ4n) is 4.10. The third kappa shape index (κ3) is 1.53. The highest BCUT2D eigenvalue weighted by atomic mass is 16.6. The number of hydrogen-bond acceptors (Lipinski definition) is 3. The molecular weight excluding hydrogens is 266 g/mol. The second-order valence-electron chi connectivity index (χ2n) is 6.13. The summed E-state index contributed by atoms with van der Waals surface area (Å²) in [6.45, 7) is 0. The Balaban J connectivity index is 2.02. The molecule has 0 aliphatic heterocycles. The van der Waals surface area contributed by atoms with Crippen LogP contribution in [0.1, 0.15) is 36.3 Å². The molecule has 1 saturated carbocycles. The smallest absolute Gasteiger partial charge is 0.283 e. The Morgan fingerprint density at radius 1 is 1.19 bits per heavy atom. The number of carbonyl (C=O) groups excluding carboxylic acids is 1. The van der Waals surface area contributed by atoms with E-state index in [9.17, 15) is 14.9 Å². The van der Waals surface area contributed by atoms with Crippen molar-refractivity contribution in [3.63, 3.8) is 0 Å². The minimum absolute atomic E-state index is 0.178. The minimum atomic E-state index is -1.38. The van der Waals surface area contributed by atoms with Crippen LogP contribution in [0.15, 0.2) is 36.4 Å². The van der Waals surface area contributed by atoms with Crippen LogP contribution in [-0.4, -0.2) is 16.2 Å². The van der Waals surface area contributed by atoms with E-state index in [1.54, 1.807) is 0 Å². The van der Waals surface area contributed by atoms with Crippen molar-refractivity contribution < 1.29 is 9.72 Å². The second kappa shape index (κ2) is 4.13. The average Bonchev–Trinajstić information content (AvgIpc) is 2.47. The number of fused-ring (bicyclic) bond motifs is 6. The fraction of sp³-hybridized carbons (Fsp3) is 0.353. The Bertz CT molecular complexity index is 783. The van der Waals surface area contributed by atoms with Gasteiger partial charge in [0, 0.05) is 11.3 Å². The Morgan fingerprint density at radius 2 is 2.00 bits per heavy atom. The van der Waals surface area contributed by atoms with Gasteiger partial charge < -0.3 is 0 Å². The van der Waals surface area contributed by atoms with Gasteiger partial charge in [-0.05, 0) is 34.7 Å². The summed E-state index contributed by atoms with van der Waals surface area (Å²) in [5.41, 5.74) is 0.642. The molecule has 106 valence electrons. The summed E-state index contributed by atoms with van der Waals surface area (Å²) in [5.74, 6) is -0.485. The zero-order valence-corrected chi connectivity index (χ0v) is 11.5. The first kappa shape index (κ1) is 12.5. The lowest BCUT2D eigenvalue weighted by Gasteiger charge is -2.38. The molecule has 2 aromatic rings. The first-order valence-electron chi connectivity index (χ1n) is 7.33. The van der Waals surface area contributed by atoms with E-state index in [2.05, 4.69) is 0 Å². The van der Waals surface area contributed by atoms with Crippen molar-refractivity contribution in [2.75, 3.05) is 0 Å². The zero-order chi connectivity index (χ0) is 14.6. The van der Waals surface area contributed by atoms with Crippen LogP contribution in [0.4, 0.5) is 0 Å². The van der Waals surface area contributed by atoms with Gasteiger partial charge in [-0.15, -0.1) is 0 Å². The Morgan fingerprint density at radius 3 is 2.81 bits per heavy atom. The van der Waals surface area contributed by atoms with E-state index < -0.39 is 5.54 Å². The maximum atomic E-state index is 12.7. The first-order valence-corrected chi connectivity index (χ1v) is 7.33. The summed E-state index contributed by atoms with van der Waals surface area (Å²) >= 11 is 0. The summed E-state index contributed by atoms with van der Waals surface area (Å²) in [6.07, 6.45) is 2.10. The van der Waals surface area contributed by atoms with Gasteiger partial charge in [0.1, 0.15) is 0 Å². The second-order valence-corrected chi connectivity index (χ2v) is 6.13. The number of hydrogen-bond donors (Lipinski definition) is 0. The van der Waals surface area contributed by atoms with Crippen molar-refractivity contribution in [1.29, 1.82) is 0 Å². The quantitative estimate of drug-likeness (QED) is 0.595. The van der Waals surface area contributed by atoms with Gasteiger partial charge in [-0.3, -0.25) is 14.9 Å². The van der Waals surface area contributed by atoms with Crippen molar-refractivity contribution >= 4 is 16.6 Å². The highest BCUT2D eigenvalue weighted by Crippen LogP contribution is 2.47. The number of ketones is 1. The molecule has 0 aromatic heterocycles. The molecule has 0 spiro atoms. The molecule has 2 aliphatic rings. The molecule has 21 heavy (non-hydrogen) atoms. The van der Waals surface area contributed by atoms with Crippen molar-refractivity contribution in [1.82, 2.24) is 0 Å². The highest BCUT2D eigenvalue weighted by Gasteiger charge is 2.58. The lowest BCUT2D eigenvalue weighted by atomic mass is 9.63. The van der Waals surface area contributed by atoms with E-state index >= 15 is 0 Å². The molecule has 2 aromatic carbocycles. The van der Waals surface area contributed by atoms with Crippen LogP contribution >= 0.6 is 0 Å². The molecule has 1 fully saturated rings. The van der Waals surface area contributed by atoms with E-state index in [4.69, 9.17) is 0 Å². The van der Waals surface area contributed by atoms with Crippen LogP contribution in [0.3, 0.4) is 0 Å². The summed E-state index contributed by atoms with van der Waals surface area (Å²) in [4.78, 5) is 24.0. The largest absolute Gasteiger partial charge is 0.291 e. The number of rotatable bonds is 1. The van der Waals surface area contributed by atoms with Crippen LogP contribution in [0.2, 0.25) is 0 Å². The lowest BCUT2D eigenvalue weighted by molar-refractivity contribution is -0.555. The van der Waals surface area contributed by atoms with Gasteiger partial charge in [0.05, 0.1) is 12.3 Å². The summed E-state index contributed by atoms with van der Waals surface area (Å²) < 4.78 is 0. The monoisotopic (exact) mass is 281 g/mol. The van der Waals surface area contributed by atoms with Crippen molar-refractivity contribution in [3.05, 3.63) is 57.6 Å². The Kier molecular flexibility index (Phi) is 2.46. The molecule has 4 nitrogen and oxygen atoms in total. The minimum Gasteiger partial charge on any atom is -0.291 e. The number of nitrogens with zero attached hydrogens (tertiary/aromatic N) is 1. The maximum Gasteiger partial charge on any atom is 0.283 e. The number of benzene rings is 2. The fourth-order valence-corrected chi connectivity index (χ4v) is 4.10. The number of Topliss-reactive ketones (excluding diaryl/α,β-unsaturated/α-hetero) is 1. The third-order valence-electron chi connectivity index (χ3n) is 5.10. The first-order chi connectivity index (χ1) is 10.1. The predicted octanol–water partition coefficient (Wildman–Crippen LogP) is 3.25. The normalized spacial score (nSPS) is 27.4. The average molecular weight is 281 g/mol. The molecular formula is C17H15NO3. The molecule has 0 amide bonds. The van der Waals surface area contributed by atoms with E-state index in [-0.39, 0.29) is 23.0 Å². The van der Waals surface area contributed by atoms with E-state index in [0.717, 1.165) is 34.7 Å². The predicted molar refractivity (Wildman–Crippen MR) is 79.0 cm³/mol. The van der Waals surface area contributed by atoms with Gasteiger partial charge in [0.15, 0.2) is 0 Å². The van der Waals surface area contributed by atoms with Crippen LogP contribution in [0, 0.1) is 10.1 Å². The van der Waals surface area contributed by atoms with E-state index in [1.165, 1.54) is 0 Å². The van der Waals surface area contributed by atoms with Gasteiger partial charge in [0.2, 0.25) is 5.78 Å². The lowest BCUT2D eigenvalue weighted by Crippen LogP contribution is -2.55. The van der Waals surface area contributed by atoms with Crippen LogP contribution < -0.4 is 0 Å². The van der Waals surface area contributed by atoms with E-state index in [1.807, 2.05) is 36.4 Å². The SMILES string of the molecule is O=C1[C@H]2CCC[C@]1([N+](=O)[O-])Cc1ccc3ccccc3c12. The molecule has 2 bridgehead atoms. The molecule has 0 saturated heterocycles.